The third-order valence-electron chi connectivity index (χ3n) is 4.03. The molecule has 0 radical (unpaired) electrons. The summed E-state index contributed by atoms with van der Waals surface area (Å²) in [6, 6.07) is 25.5. The second-order valence-corrected chi connectivity index (χ2v) is 6.67. The highest BCUT2D eigenvalue weighted by Gasteiger charge is 2.13. The molecule has 0 saturated heterocycles. The minimum absolute atomic E-state index is 0.131. The van der Waals surface area contributed by atoms with Crippen LogP contribution in [0.4, 0.5) is 4.39 Å². The first-order chi connectivity index (χ1) is 11.6. The Kier molecular flexibility index (Phi) is 5.27. The van der Waals surface area contributed by atoms with Crippen molar-refractivity contribution in [3.8, 4) is 0 Å². The Hall–Kier alpha value is -2.19. The van der Waals surface area contributed by atoms with Crippen LogP contribution in [-0.2, 0) is 0 Å². The molecule has 3 rings (SSSR count). The summed E-state index contributed by atoms with van der Waals surface area (Å²) in [4.78, 5) is 0. The number of halogens is 2. The molecule has 3 aromatic carbocycles. The molecule has 24 heavy (non-hydrogen) atoms. The van der Waals surface area contributed by atoms with Crippen molar-refractivity contribution in [1.82, 2.24) is 0 Å². The Bertz CT molecular complexity index is 818. The van der Waals surface area contributed by atoms with Gasteiger partial charge in [0.05, 0.1) is 0 Å². The predicted octanol–water partition coefficient (Wildman–Crippen LogP) is 6.70. The molecule has 2 heteroatoms. The fourth-order valence-electron chi connectivity index (χ4n) is 2.67. The summed E-state index contributed by atoms with van der Waals surface area (Å²) in [6.45, 7) is 2.09. The van der Waals surface area contributed by atoms with Gasteiger partial charge in [-0.05, 0) is 35.7 Å². The van der Waals surface area contributed by atoms with Crippen molar-refractivity contribution in [2.24, 2.45) is 0 Å². The first-order valence-corrected chi connectivity index (χ1v) is 8.67. The van der Waals surface area contributed by atoms with E-state index in [1.54, 1.807) is 12.1 Å². The third-order valence-corrected chi connectivity index (χ3v) is 4.75. The van der Waals surface area contributed by atoms with Crippen molar-refractivity contribution < 1.29 is 4.39 Å². The Morgan fingerprint density at radius 3 is 2.04 bits per heavy atom. The van der Waals surface area contributed by atoms with E-state index in [0.717, 1.165) is 10.0 Å². The Morgan fingerprint density at radius 2 is 1.42 bits per heavy atom. The fourth-order valence-corrected chi connectivity index (χ4v) is 3.20. The first kappa shape index (κ1) is 16.7. The lowest BCUT2D eigenvalue weighted by Gasteiger charge is -2.16. The van der Waals surface area contributed by atoms with Crippen molar-refractivity contribution in [2.75, 3.05) is 0 Å². The van der Waals surface area contributed by atoms with Crippen LogP contribution in [0.3, 0.4) is 0 Å². The standard InChI is InChI=1S/C22H18BrF/c1-16-7-9-18(10-8-16)21(17-5-3-2-4-6-17)15-22(23)19-11-13-20(24)14-12-19/h2-15,21H,1H3/b22-15+. The molecule has 0 heterocycles. The highest BCUT2D eigenvalue weighted by molar-refractivity contribution is 9.15. The maximum Gasteiger partial charge on any atom is 0.123 e. The smallest absolute Gasteiger partial charge is 0.123 e. The van der Waals surface area contributed by atoms with Gasteiger partial charge in [-0.25, -0.2) is 4.39 Å². The van der Waals surface area contributed by atoms with Crippen LogP contribution in [0.1, 0.15) is 28.2 Å². The maximum atomic E-state index is 13.1. The van der Waals surface area contributed by atoms with E-state index in [0.29, 0.717) is 0 Å². The maximum absolute atomic E-state index is 13.1. The second kappa shape index (κ2) is 7.59. The molecule has 0 amide bonds. The number of aryl methyl sites for hydroxylation is 1. The summed E-state index contributed by atoms with van der Waals surface area (Å²) in [6.07, 6.45) is 2.17. The van der Waals surface area contributed by atoms with E-state index in [4.69, 9.17) is 0 Å². The van der Waals surface area contributed by atoms with Gasteiger partial charge in [0.2, 0.25) is 0 Å². The summed E-state index contributed by atoms with van der Waals surface area (Å²) in [5.74, 6) is -0.0941. The Labute approximate surface area is 150 Å². The van der Waals surface area contributed by atoms with Gasteiger partial charge in [0.1, 0.15) is 5.82 Å². The average molecular weight is 381 g/mol. The number of hydrogen-bond acceptors (Lipinski definition) is 0. The highest BCUT2D eigenvalue weighted by Crippen LogP contribution is 2.32. The van der Waals surface area contributed by atoms with Gasteiger partial charge in [0.15, 0.2) is 0 Å². The zero-order chi connectivity index (χ0) is 16.9. The van der Waals surface area contributed by atoms with Crippen LogP contribution in [0, 0.1) is 12.7 Å². The molecule has 0 N–H and O–H groups in total. The van der Waals surface area contributed by atoms with Gasteiger partial charge in [-0.2, -0.15) is 0 Å². The summed E-state index contributed by atoms with van der Waals surface area (Å²) in [7, 11) is 0. The van der Waals surface area contributed by atoms with E-state index in [-0.39, 0.29) is 11.7 Å². The average Bonchev–Trinajstić information content (AvgIpc) is 2.62. The lowest BCUT2D eigenvalue weighted by Crippen LogP contribution is -1.98. The second-order valence-electron chi connectivity index (χ2n) is 5.82. The molecule has 0 aliphatic heterocycles. The minimum Gasteiger partial charge on any atom is -0.207 e. The Morgan fingerprint density at radius 1 is 0.833 bits per heavy atom. The zero-order valence-corrected chi connectivity index (χ0v) is 15.0. The number of hydrogen-bond donors (Lipinski definition) is 0. The van der Waals surface area contributed by atoms with Gasteiger partial charge < -0.3 is 0 Å². The van der Waals surface area contributed by atoms with Crippen molar-refractivity contribution in [1.29, 1.82) is 0 Å². The monoisotopic (exact) mass is 380 g/mol. The largest absolute Gasteiger partial charge is 0.207 e. The molecular weight excluding hydrogens is 363 g/mol. The Balaban J connectivity index is 2.03. The quantitative estimate of drug-likeness (QED) is 0.472. The van der Waals surface area contributed by atoms with Crippen molar-refractivity contribution in [3.05, 3.63) is 113 Å². The highest BCUT2D eigenvalue weighted by atomic mass is 79.9. The van der Waals surface area contributed by atoms with Gasteiger partial charge in [-0.15, -0.1) is 0 Å². The van der Waals surface area contributed by atoms with Crippen LogP contribution in [0.25, 0.3) is 4.48 Å². The molecule has 0 aromatic heterocycles. The van der Waals surface area contributed by atoms with Crippen molar-refractivity contribution >= 4 is 20.4 Å². The van der Waals surface area contributed by atoms with Gasteiger partial charge in [-0.1, -0.05) is 94.3 Å². The van der Waals surface area contributed by atoms with E-state index >= 15 is 0 Å². The molecular formula is C22H18BrF. The fraction of sp³-hybridized carbons (Fsp3) is 0.0909. The molecule has 0 aliphatic carbocycles. The predicted molar refractivity (Wildman–Crippen MR) is 103 cm³/mol. The van der Waals surface area contributed by atoms with E-state index < -0.39 is 0 Å². The molecule has 0 nitrogen and oxygen atoms in total. The van der Waals surface area contributed by atoms with E-state index in [1.165, 1.54) is 28.8 Å². The molecule has 120 valence electrons. The minimum atomic E-state index is -0.225. The van der Waals surface area contributed by atoms with Crippen LogP contribution in [-0.4, -0.2) is 0 Å². The van der Waals surface area contributed by atoms with Gasteiger partial charge in [-0.3, -0.25) is 0 Å². The normalized spacial score (nSPS) is 12.9. The molecule has 1 unspecified atom stereocenters. The molecule has 0 aliphatic rings. The summed E-state index contributed by atoms with van der Waals surface area (Å²) in [5.41, 5.74) is 4.66. The van der Waals surface area contributed by atoms with Crippen LogP contribution < -0.4 is 0 Å². The molecule has 1 atom stereocenters. The molecule has 3 aromatic rings. The summed E-state index contributed by atoms with van der Waals surface area (Å²) < 4.78 is 14.1. The van der Waals surface area contributed by atoms with Gasteiger partial charge >= 0.3 is 0 Å². The van der Waals surface area contributed by atoms with Gasteiger partial charge in [0, 0.05) is 10.4 Å². The van der Waals surface area contributed by atoms with Crippen molar-refractivity contribution in [3.63, 3.8) is 0 Å². The molecule has 0 fully saturated rings. The SMILES string of the molecule is Cc1ccc(C(/C=C(/Br)c2ccc(F)cc2)c2ccccc2)cc1. The van der Waals surface area contributed by atoms with Crippen LogP contribution in [0.2, 0.25) is 0 Å². The first-order valence-electron chi connectivity index (χ1n) is 7.88. The summed E-state index contributed by atoms with van der Waals surface area (Å²) >= 11 is 3.66. The lowest BCUT2D eigenvalue weighted by atomic mass is 9.90. The summed E-state index contributed by atoms with van der Waals surface area (Å²) in [5, 5.41) is 0. The number of benzene rings is 3. The van der Waals surface area contributed by atoms with Crippen LogP contribution in [0.5, 0.6) is 0 Å². The topological polar surface area (TPSA) is 0 Å². The van der Waals surface area contributed by atoms with Gasteiger partial charge in [0.25, 0.3) is 0 Å². The zero-order valence-electron chi connectivity index (χ0n) is 13.4. The third kappa shape index (κ3) is 4.01. The van der Waals surface area contributed by atoms with Crippen LogP contribution in [0.15, 0.2) is 84.9 Å². The lowest BCUT2D eigenvalue weighted by molar-refractivity contribution is 0.627. The number of allylic oxidation sites excluding steroid dienone is 1. The molecule has 0 spiro atoms. The van der Waals surface area contributed by atoms with Crippen LogP contribution >= 0.6 is 15.9 Å². The van der Waals surface area contributed by atoms with E-state index in [9.17, 15) is 4.39 Å². The molecule has 0 bridgehead atoms. The van der Waals surface area contributed by atoms with E-state index in [2.05, 4.69) is 77.5 Å². The molecule has 0 saturated carbocycles. The van der Waals surface area contributed by atoms with E-state index in [1.807, 2.05) is 6.07 Å². The van der Waals surface area contributed by atoms with Crippen molar-refractivity contribution in [2.45, 2.75) is 12.8 Å². The number of rotatable bonds is 4.